The van der Waals surface area contributed by atoms with Gasteiger partial charge in [-0.25, -0.2) is 4.99 Å². The number of aryl methyl sites for hydroxylation is 1. The van der Waals surface area contributed by atoms with Gasteiger partial charge < -0.3 is 16.0 Å². The van der Waals surface area contributed by atoms with Crippen molar-refractivity contribution in [3.63, 3.8) is 0 Å². The molecule has 0 aliphatic rings. The molecule has 0 aliphatic heterocycles. The van der Waals surface area contributed by atoms with Crippen LogP contribution in [0.4, 0.5) is 0 Å². The minimum Gasteiger partial charge on any atom is -0.357 e. The van der Waals surface area contributed by atoms with Crippen LogP contribution in [0.1, 0.15) is 60.3 Å². The van der Waals surface area contributed by atoms with Crippen LogP contribution in [-0.2, 0) is 19.5 Å². The summed E-state index contributed by atoms with van der Waals surface area (Å²) in [5, 5.41) is 9.65. The average molecular weight is 529 g/mol. The molecule has 7 heteroatoms. The number of thiophene rings is 1. The maximum atomic E-state index is 12.4. The zero-order valence-electron chi connectivity index (χ0n) is 18.0. The third kappa shape index (κ3) is 9.16. The van der Waals surface area contributed by atoms with Gasteiger partial charge in [0.25, 0.3) is 5.91 Å². The van der Waals surface area contributed by atoms with Crippen LogP contribution in [0.2, 0.25) is 0 Å². The van der Waals surface area contributed by atoms with E-state index in [9.17, 15) is 4.79 Å². The van der Waals surface area contributed by atoms with E-state index in [-0.39, 0.29) is 35.4 Å². The van der Waals surface area contributed by atoms with E-state index in [0.717, 1.165) is 31.0 Å². The molecule has 0 bridgehead atoms. The smallest absolute Gasteiger partial charge is 0.251 e. The van der Waals surface area contributed by atoms with Crippen molar-refractivity contribution >= 4 is 47.2 Å². The Balaban J connectivity index is 0.00000420. The number of benzene rings is 1. The first kappa shape index (κ1) is 25.4. The summed E-state index contributed by atoms with van der Waals surface area (Å²) in [6.07, 6.45) is 1.07. The van der Waals surface area contributed by atoms with E-state index in [0.29, 0.717) is 12.1 Å². The monoisotopic (exact) mass is 528 g/mol. The molecular weight excluding hydrogens is 495 g/mol. The van der Waals surface area contributed by atoms with Crippen molar-refractivity contribution in [3.05, 3.63) is 57.3 Å². The number of carbonyl (C=O) groups excluding carboxylic acids is 1. The number of nitrogens with one attached hydrogen (secondary N) is 3. The Morgan fingerprint density at radius 3 is 2.41 bits per heavy atom. The van der Waals surface area contributed by atoms with Crippen LogP contribution in [0.25, 0.3) is 0 Å². The molecule has 0 atom stereocenters. The number of rotatable bonds is 7. The Morgan fingerprint density at radius 1 is 1.07 bits per heavy atom. The summed E-state index contributed by atoms with van der Waals surface area (Å²) < 4.78 is 0. The summed E-state index contributed by atoms with van der Waals surface area (Å²) in [7, 11) is 0. The van der Waals surface area contributed by atoms with Crippen LogP contribution in [0.3, 0.4) is 0 Å². The topological polar surface area (TPSA) is 65.5 Å². The highest BCUT2D eigenvalue weighted by Gasteiger charge is 2.15. The van der Waals surface area contributed by atoms with E-state index in [1.165, 1.54) is 9.75 Å². The van der Waals surface area contributed by atoms with Gasteiger partial charge in [0.1, 0.15) is 0 Å². The molecule has 1 aromatic heterocycles. The number of amides is 1. The zero-order chi connectivity index (χ0) is 20.6. The number of hydrogen-bond acceptors (Lipinski definition) is 3. The highest BCUT2D eigenvalue weighted by Crippen LogP contribution is 2.16. The molecule has 0 spiro atoms. The van der Waals surface area contributed by atoms with Gasteiger partial charge >= 0.3 is 0 Å². The molecule has 5 nitrogen and oxygen atoms in total. The molecule has 29 heavy (non-hydrogen) atoms. The van der Waals surface area contributed by atoms with Crippen LogP contribution < -0.4 is 16.0 Å². The maximum absolute atomic E-state index is 12.4. The number of halogens is 1. The van der Waals surface area contributed by atoms with E-state index in [1.54, 1.807) is 0 Å². The van der Waals surface area contributed by atoms with Crippen LogP contribution in [0, 0.1) is 0 Å². The maximum Gasteiger partial charge on any atom is 0.251 e. The second kappa shape index (κ2) is 12.2. The molecule has 0 radical (unpaired) electrons. The van der Waals surface area contributed by atoms with Gasteiger partial charge in [0.15, 0.2) is 5.96 Å². The molecule has 1 aromatic carbocycles. The highest BCUT2D eigenvalue weighted by atomic mass is 127. The molecule has 1 heterocycles. The van der Waals surface area contributed by atoms with Crippen molar-refractivity contribution in [3.8, 4) is 0 Å². The number of carbonyl (C=O) groups is 1. The minimum atomic E-state index is -0.257. The molecule has 0 saturated heterocycles. The SMILES string of the molecule is CCNC(=NCc1cccc(C(=O)NC(C)(C)C)c1)NCc1ccc(CC)s1.I. The fourth-order valence-electron chi connectivity index (χ4n) is 2.61. The Bertz CT molecular complexity index is 811. The summed E-state index contributed by atoms with van der Waals surface area (Å²) >= 11 is 1.83. The fourth-order valence-corrected chi connectivity index (χ4v) is 3.51. The standard InChI is InChI=1S/C22H32N4OS.HI/c1-6-18-11-12-19(28-18)15-25-21(23-7-2)24-14-16-9-8-10-17(13-16)20(27)26-22(3,4)5;/h8-13H,6-7,14-15H2,1-5H3,(H,26,27)(H2,23,24,25);1H. The third-order valence-corrected chi connectivity index (χ3v) is 5.17. The lowest BCUT2D eigenvalue weighted by Crippen LogP contribution is -2.40. The van der Waals surface area contributed by atoms with Gasteiger partial charge in [0.05, 0.1) is 13.1 Å². The zero-order valence-corrected chi connectivity index (χ0v) is 21.1. The minimum absolute atomic E-state index is 0. The van der Waals surface area contributed by atoms with Crippen LogP contribution in [0.15, 0.2) is 41.4 Å². The van der Waals surface area contributed by atoms with Gasteiger partial charge in [-0.05, 0) is 63.9 Å². The highest BCUT2D eigenvalue weighted by molar-refractivity contribution is 14.0. The molecule has 0 unspecified atom stereocenters. The van der Waals surface area contributed by atoms with Gasteiger partial charge in [0, 0.05) is 27.4 Å². The molecule has 0 aliphatic carbocycles. The largest absolute Gasteiger partial charge is 0.357 e. The number of nitrogens with zero attached hydrogens (tertiary/aromatic N) is 1. The second-order valence-corrected chi connectivity index (χ2v) is 8.93. The van der Waals surface area contributed by atoms with E-state index in [1.807, 2.05) is 56.4 Å². The van der Waals surface area contributed by atoms with Crippen molar-refractivity contribution in [1.82, 2.24) is 16.0 Å². The molecule has 2 aromatic rings. The first-order valence-electron chi connectivity index (χ1n) is 9.82. The van der Waals surface area contributed by atoms with Crippen molar-refractivity contribution in [2.75, 3.05) is 6.54 Å². The van der Waals surface area contributed by atoms with Crippen LogP contribution in [-0.4, -0.2) is 24.0 Å². The van der Waals surface area contributed by atoms with Crippen molar-refractivity contribution < 1.29 is 4.79 Å². The summed E-state index contributed by atoms with van der Waals surface area (Å²) in [6.45, 7) is 12.2. The molecule has 0 saturated carbocycles. The quantitative estimate of drug-likeness (QED) is 0.277. The number of hydrogen-bond donors (Lipinski definition) is 3. The Kier molecular flexibility index (Phi) is 10.7. The normalized spacial score (nSPS) is 11.6. The van der Waals surface area contributed by atoms with Crippen LogP contribution in [0.5, 0.6) is 0 Å². The Hall–Kier alpha value is -1.61. The van der Waals surface area contributed by atoms with Crippen molar-refractivity contribution in [2.24, 2.45) is 4.99 Å². The lowest BCUT2D eigenvalue weighted by atomic mass is 10.1. The first-order chi connectivity index (χ1) is 13.3. The average Bonchev–Trinajstić information content (AvgIpc) is 3.11. The van der Waals surface area contributed by atoms with E-state index >= 15 is 0 Å². The summed E-state index contributed by atoms with van der Waals surface area (Å²) in [4.78, 5) is 19.7. The summed E-state index contributed by atoms with van der Waals surface area (Å²) in [5.41, 5.74) is 1.40. The first-order valence-corrected chi connectivity index (χ1v) is 10.6. The van der Waals surface area contributed by atoms with E-state index < -0.39 is 0 Å². The molecule has 160 valence electrons. The van der Waals surface area contributed by atoms with E-state index in [2.05, 4.69) is 46.9 Å². The predicted octanol–water partition coefficient (Wildman–Crippen LogP) is 4.71. The number of guanidine groups is 1. The van der Waals surface area contributed by atoms with E-state index in [4.69, 9.17) is 0 Å². The van der Waals surface area contributed by atoms with Crippen molar-refractivity contribution in [2.45, 2.75) is 59.7 Å². The fraction of sp³-hybridized carbons (Fsp3) is 0.455. The summed E-state index contributed by atoms with van der Waals surface area (Å²) in [5.74, 6) is 0.714. The van der Waals surface area contributed by atoms with Gasteiger partial charge in [-0.3, -0.25) is 4.79 Å². The van der Waals surface area contributed by atoms with Gasteiger partial charge in [-0.2, -0.15) is 0 Å². The molecule has 0 fully saturated rings. The summed E-state index contributed by atoms with van der Waals surface area (Å²) in [6, 6.07) is 12.0. The van der Waals surface area contributed by atoms with Crippen molar-refractivity contribution in [1.29, 1.82) is 0 Å². The Morgan fingerprint density at radius 2 is 1.79 bits per heavy atom. The molecule has 1 amide bonds. The van der Waals surface area contributed by atoms with Gasteiger partial charge in [0.2, 0.25) is 0 Å². The van der Waals surface area contributed by atoms with Gasteiger partial charge in [-0.1, -0.05) is 19.1 Å². The van der Waals surface area contributed by atoms with Gasteiger partial charge in [-0.15, -0.1) is 35.3 Å². The lowest BCUT2D eigenvalue weighted by molar-refractivity contribution is 0.0919. The molecular formula is C22H33IN4OS. The second-order valence-electron chi connectivity index (χ2n) is 7.67. The molecule has 3 N–H and O–H groups in total. The number of aliphatic imine (C=N–C) groups is 1. The Labute approximate surface area is 195 Å². The predicted molar refractivity (Wildman–Crippen MR) is 134 cm³/mol. The lowest BCUT2D eigenvalue weighted by Gasteiger charge is -2.20. The third-order valence-electron chi connectivity index (χ3n) is 3.94. The van der Waals surface area contributed by atoms with Crippen LogP contribution >= 0.6 is 35.3 Å². The molecule has 2 rings (SSSR count).